The molecule has 2 rings (SSSR count). The SMILES string of the molecule is FC(F)(F)c1cscn1.FC(F)(F)c1cscn1. The third-order valence-corrected chi connectivity index (χ3v) is 2.62. The number of alkyl halides is 6. The van der Waals surface area contributed by atoms with Gasteiger partial charge in [0.1, 0.15) is 0 Å². The summed E-state index contributed by atoms with van der Waals surface area (Å²) in [5, 5.41) is 1.94. The number of halogens is 6. The van der Waals surface area contributed by atoms with Crippen LogP contribution in [-0.4, -0.2) is 9.97 Å². The van der Waals surface area contributed by atoms with E-state index in [1.165, 1.54) is 0 Å². The predicted molar refractivity (Wildman–Crippen MR) is 54.2 cm³/mol. The molecule has 10 heteroatoms. The van der Waals surface area contributed by atoms with Crippen molar-refractivity contribution in [3.63, 3.8) is 0 Å². The molecule has 0 fully saturated rings. The summed E-state index contributed by atoms with van der Waals surface area (Å²) < 4.78 is 69.4. The molecule has 0 aliphatic carbocycles. The lowest BCUT2D eigenvalue weighted by molar-refractivity contribution is -0.141. The summed E-state index contributed by atoms with van der Waals surface area (Å²) in [6.45, 7) is 0. The van der Waals surface area contributed by atoms with Crippen LogP contribution in [0.5, 0.6) is 0 Å². The molecular formula is C8H4F6N2S2. The van der Waals surface area contributed by atoms with E-state index in [4.69, 9.17) is 0 Å². The Morgan fingerprint density at radius 1 is 0.722 bits per heavy atom. The molecule has 18 heavy (non-hydrogen) atoms. The van der Waals surface area contributed by atoms with Gasteiger partial charge in [-0.05, 0) is 0 Å². The van der Waals surface area contributed by atoms with E-state index in [9.17, 15) is 26.3 Å². The topological polar surface area (TPSA) is 25.8 Å². The van der Waals surface area contributed by atoms with Crippen LogP contribution in [0.4, 0.5) is 26.3 Å². The fourth-order valence-corrected chi connectivity index (χ4v) is 1.82. The second-order valence-corrected chi connectivity index (χ2v) is 4.18. The normalized spacial score (nSPS) is 11.9. The van der Waals surface area contributed by atoms with Crippen LogP contribution in [0.3, 0.4) is 0 Å². The van der Waals surface area contributed by atoms with Gasteiger partial charge in [0.25, 0.3) is 0 Å². The van der Waals surface area contributed by atoms with Gasteiger partial charge < -0.3 is 0 Å². The van der Waals surface area contributed by atoms with Crippen molar-refractivity contribution < 1.29 is 26.3 Å². The van der Waals surface area contributed by atoms with Gasteiger partial charge in [-0.1, -0.05) is 0 Å². The summed E-state index contributed by atoms with van der Waals surface area (Å²) in [6, 6.07) is 0. The van der Waals surface area contributed by atoms with Crippen molar-refractivity contribution in [1.29, 1.82) is 0 Å². The van der Waals surface area contributed by atoms with Gasteiger partial charge in [-0.2, -0.15) is 26.3 Å². The molecular weight excluding hydrogens is 302 g/mol. The third-order valence-electron chi connectivity index (χ3n) is 1.45. The van der Waals surface area contributed by atoms with Crippen LogP contribution < -0.4 is 0 Å². The molecule has 0 radical (unpaired) electrons. The minimum absolute atomic E-state index is 0.813. The highest BCUT2D eigenvalue weighted by atomic mass is 32.1. The third kappa shape index (κ3) is 4.61. The predicted octanol–water partition coefficient (Wildman–Crippen LogP) is 4.32. The number of thiazole rings is 2. The molecule has 2 aromatic rings. The Morgan fingerprint density at radius 2 is 1.06 bits per heavy atom. The summed E-state index contributed by atoms with van der Waals surface area (Å²) in [5.41, 5.74) is 0.686. The Hall–Kier alpha value is -1.16. The number of nitrogens with zero attached hydrogens (tertiary/aromatic N) is 2. The molecule has 0 aromatic carbocycles. The van der Waals surface area contributed by atoms with Crippen molar-refractivity contribution >= 4 is 22.7 Å². The quantitative estimate of drug-likeness (QED) is 0.677. The first-order chi connectivity index (χ1) is 8.21. The Labute approximate surface area is 105 Å². The number of rotatable bonds is 0. The van der Waals surface area contributed by atoms with Crippen molar-refractivity contribution in [1.82, 2.24) is 9.97 Å². The van der Waals surface area contributed by atoms with Crippen molar-refractivity contribution in [3.05, 3.63) is 33.2 Å². The zero-order chi connectivity index (χ0) is 13.8. The molecule has 0 unspecified atom stereocenters. The van der Waals surface area contributed by atoms with Gasteiger partial charge in [-0.15, -0.1) is 22.7 Å². The van der Waals surface area contributed by atoms with Gasteiger partial charge in [-0.3, -0.25) is 0 Å². The molecule has 2 nitrogen and oxygen atoms in total. The number of hydrogen-bond donors (Lipinski definition) is 0. The maximum atomic E-state index is 11.6. The van der Waals surface area contributed by atoms with E-state index in [0.29, 0.717) is 0 Å². The molecule has 0 amide bonds. The molecule has 2 aromatic heterocycles. The molecule has 2 heterocycles. The molecule has 0 aliphatic rings. The smallest absolute Gasteiger partial charge is 0.240 e. The maximum Gasteiger partial charge on any atom is 0.434 e. The first-order valence-electron chi connectivity index (χ1n) is 4.12. The summed E-state index contributed by atoms with van der Waals surface area (Å²) in [6.07, 6.45) is -8.56. The van der Waals surface area contributed by atoms with E-state index in [0.717, 1.165) is 44.5 Å². The summed E-state index contributed by atoms with van der Waals surface area (Å²) in [4.78, 5) is 6.16. The van der Waals surface area contributed by atoms with Crippen LogP contribution in [0.25, 0.3) is 0 Å². The molecule has 0 atom stereocenters. The molecule has 100 valence electrons. The van der Waals surface area contributed by atoms with Gasteiger partial charge >= 0.3 is 12.4 Å². The number of aromatic nitrogens is 2. The first-order valence-corrected chi connectivity index (χ1v) is 6.00. The summed E-state index contributed by atoms with van der Waals surface area (Å²) in [5.74, 6) is 0. The summed E-state index contributed by atoms with van der Waals surface area (Å²) >= 11 is 1.87. The van der Waals surface area contributed by atoms with Gasteiger partial charge in [-0.25, -0.2) is 9.97 Å². The van der Waals surface area contributed by atoms with Crippen LogP contribution >= 0.6 is 22.7 Å². The van der Waals surface area contributed by atoms with Crippen LogP contribution in [0, 0.1) is 0 Å². The van der Waals surface area contributed by atoms with Crippen LogP contribution in [0.15, 0.2) is 21.8 Å². The van der Waals surface area contributed by atoms with Crippen molar-refractivity contribution in [3.8, 4) is 0 Å². The second kappa shape index (κ2) is 5.65. The van der Waals surface area contributed by atoms with E-state index in [-0.39, 0.29) is 0 Å². The van der Waals surface area contributed by atoms with E-state index in [1.807, 2.05) is 0 Å². The molecule has 0 aliphatic heterocycles. The minimum atomic E-state index is -4.28. The van der Waals surface area contributed by atoms with Gasteiger partial charge in [0.2, 0.25) is 0 Å². The molecule has 0 N–H and O–H groups in total. The average Bonchev–Trinajstić information content (AvgIpc) is 2.91. The zero-order valence-electron chi connectivity index (χ0n) is 8.29. The monoisotopic (exact) mass is 306 g/mol. The fourth-order valence-electron chi connectivity index (χ4n) is 0.705. The van der Waals surface area contributed by atoms with Crippen molar-refractivity contribution in [2.24, 2.45) is 0 Å². The molecule has 0 bridgehead atoms. The van der Waals surface area contributed by atoms with E-state index >= 15 is 0 Å². The van der Waals surface area contributed by atoms with Crippen LogP contribution in [0.2, 0.25) is 0 Å². The Kier molecular flexibility index (Phi) is 4.68. The second-order valence-electron chi connectivity index (χ2n) is 2.74. The van der Waals surface area contributed by atoms with Gasteiger partial charge in [0, 0.05) is 10.8 Å². The highest BCUT2D eigenvalue weighted by Gasteiger charge is 2.33. The Balaban J connectivity index is 0.000000180. The zero-order valence-corrected chi connectivity index (χ0v) is 9.92. The fraction of sp³-hybridized carbons (Fsp3) is 0.250. The summed E-state index contributed by atoms with van der Waals surface area (Å²) in [7, 11) is 0. The Bertz CT molecular complexity index is 401. The van der Waals surface area contributed by atoms with Gasteiger partial charge in [0.05, 0.1) is 11.0 Å². The molecule has 0 saturated carbocycles. The standard InChI is InChI=1S/2C4H2F3NS/c2*5-4(6,7)3-1-9-2-8-3/h2*1-2H. The first kappa shape index (κ1) is 14.9. The van der Waals surface area contributed by atoms with Gasteiger partial charge in [0.15, 0.2) is 11.4 Å². The molecule has 0 spiro atoms. The van der Waals surface area contributed by atoms with Crippen LogP contribution in [-0.2, 0) is 12.4 Å². The number of hydrogen-bond acceptors (Lipinski definition) is 4. The Morgan fingerprint density at radius 3 is 1.17 bits per heavy atom. The van der Waals surface area contributed by atoms with E-state index in [2.05, 4.69) is 9.97 Å². The minimum Gasteiger partial charge on any atom is -0.240 e. The highest BCUT2D eigenvalue weighted by molar-refractivity contribution is 7.07. The lowest BCUT2D eigenvalue weighted by Crippen LogP contribution is -2.04. The highest BCUT2D eigenvalue weighted by Crippen LogP contribution is 2.28. The van der Waals surface area contributed by atoms with Crippen molar-refractivity contribution in [2.75, 3.05) is 0 Å². The lowest BCUT2D eigenvalue weighted by atomic mass is 10.5. The average molecular weight is 306 g/mol. The van der Waals surface area contributed by atoms with Crippen molar-refractivity contribution in [2.45, 2.75) is 12.4 Å². The maximum absolute atomic E-state index is 11.6. The van der Waals surface area contributed by atoms with E-state index in [1.54, 1.807) is 0 Å². The lowest BCUT2D eigenvalue weighted by Gasteiger charge is -1.98. The largest absolute Gasteiger partial charge is 0.434 e. The molecule has 0 saturated heterocycles. The van der Waals surface area contributed by atoms with Crippen LogP contribution in [0.1, 0.15) is 11.4 Å². The van der Waals surface area contributed by atoms with E-state index < -0.39 is 23.7 Å².